The second-order valence-corrected chi connectivity index (χ2v) is 9.23. The Morgan fingerprint density at radius 1 is 1.03 bits per heavy atom. The van der Waals surface area contributed by atoms with Gasteiger partial charge in [0.25, 0.3) is 0 Å². The van der Waals surface area contributed by atoms with Crippen molar-refractivity contribution in [3.8, 4) is 5.75 Å². The molecule has 2 atom stereocenters. The zero-order chi connectivity index (χ0) is 22.3. The highest BCUT2D eigenvalue weighted by Crippen LogP contribution is 2.28. The maximum atomic E-state index is 12.3. The molecule has 32 heavy (non-hydrogen) atoms. The Labute approximate surface area is 191 Å². The summed E-state index contributed by atoms with van der Waals surface area (Å²) >= 11 is 0. The van der Waals surface area contributed by atoms with Gasteiger partial charge in [0.2, 0.25) is 0 Å². The van der Waals surface area contributed by atoms with Crippen molar-refractivity contribution in [2.45, 2.75) is 51.2 Å². The van der Waals surface area contributed by atoms with E-state index in [-0.39, 0.29) is 17.9 Å². The molecule has 0 radical (unpaired) electrons. The smallest absolute Gasteiger partial charge is 0.314 e. The minimum Gasteiger partial charge on any atom is -0.426 e. The Bertz CT molecular complexity index is 840. The molecule has 2 saturated heterocycles. The van der Waals surface area contributed by atoms with Crippen LogP contribution in [0.25, 0.3) is 0 Å². The third kappa shape index (κ3) is 5.97. The van der Waals surface area contributed by atoms with Crippen LogP contribution in [-0.4, -0.2) is 48.3 Å². The first kappa shape index (κ1) is 23.0. The molecule has 0 bridgehead atoms. The molecule has 0 spiro atoms. The van der Waals surface area contributed by atoms with Crippen LogP contribution >= 0.6 is 0 Å². The van der Waals surface area contributed by atoms with Crippen molar-refractivity contribution >= 4 is 5.97 Å². The predicted molar refractivity (Wildman–Crippen MR) is 124 cm³/mol. The minimum atomic E-state index is -0.569. The Morgan fingerprint density at radius 3 is 2.34 bits per heavy atom. The van der Waals surface area contributed by atoms with Gasteiger partial charge in [0.1, 0.15) is 5.75 Å². The molecule has 0 saturated carbocycles. The molecule has 1 N–H and O–H groups in total. The molecule has 5 heteroatoms. The lowest BCUT2D eigenvalue weighted by molar-refractivity contribution is -0.142. The molecule has 2 aromatic carbocycles. The van der Waals surface area contributed by atoms with Gasteiger partial charge in [0.15, 0.2) is 0 Å². The lowest BCUT2D eigenvalue weighted by Crippen LogP contribution is -2.43. The van der Waals surface area contributed by atoms with E-state index in [1.807, 2.05) is 12.1 Å². The van der Waals surface area contributed by atoms with E-state index in [0.29, 0.717) is 24.9 Å². The SMILES string of the molecule is CC(C(O)c1ccc(OC(=O)C2CCOCC2)cc1)N1CCC(Cc2ccccc2)CC1. The maximum absolute atomic E-state index is 12.3. The largest absolute Gasteiger partial charge is 0.426 e. The Morgan fingerprint density at radius 2 is 1.69 bits per heavy atom. The lowest BCUT2D eigenvalue weighted by atomic mass is 9.89. The highest BCUT2D eigenvalue weighted by atomic mass is 16.5. The number of likely N-dealkylation sites (tertiary alicyclic amines) is 1. The van der Waals surface area contributed by atoms with Crippen molar-refractivity contribution in [1.82, 2.24) is 4.90 Å². The van der Waals surface area contributed by atoms with Gasteiger partial charge in [0.05, 0.1) is 12.0 Å². The van der Waals surface area contributed by atoms with Gasteiger partial charge in [-0.2, -0.15) is 0 Å². The monoisotopic (exact) mass is 437 g/mol. The average molecular weight is 438 g/mol. The molecule has 0 aromatic heterocycles. The van der Waals surface area contributed by atoms with E-state index < -0.39 is 6.10 Å². The molecular weight excluding hydrogens is 402 g/mol. The number of aliphatic hydroxyl groups is 1. The summed E-state index contributed by atoms with van der Waals surface area (Å²) in [5.74, 6) is 0.974. The fraction of sp³-hybridized carbons (Fsp3) is 0.519. The summed E-state index contributed by atoms with van der Waals surface area (Å²) in [7, 11) is 0. The Kier molecular flexibility index (Phi) is 7.95. The van der Waals surface area contributed by atoms with Gasteiger partial charge in [-0.15, -0.1) is 0 Å². The van der Waals surface area contributed by atoms with Crippen LogP contribution < -0.4 is 4.74 Å². The number of rotatable bonds is 7. The van der Waals surface area contributed by atoms with Crippen LogP contribution in [0.1, 0.15) is 49.8 Å². The number of nitrogens with zero attached hydrogens (tertiary/aromatic N) is 1. The average Bonchev–Trinajstić information content (AvgIpc) is 2.85. The van der Waals surface area contributed by atoms with Crippen LogP contribution in [0, 0.1) is 11.8 Å². The van der Waals surface area contributed by atoms with E-state index in [4.69, 9.17) is 9.47 Å². The van der Waals surface area contributed by atoms with Crippen molar-refractivity contribution in [2.75, 3.05) is 26.3 Å². The molecule has 4 rings (SSSR count). The quantitative estimate of drug-likeness (QED) is 0.514. The zero-order valence-corrected chi connectivity index (χ0v) is 19.0. The lowest BCUT2D eigenvalue weighted by Gasteiger charge is -2.38. The van der Waals surface area contributed by atoms with E-state index in [0.717, 1.165) is 50.8 Å². The number of carbonyl (C=O) groups excluding carboxylic acids is 1. The second-order valence-electron chi connectivity index (χ2n) is 9.23. The van der Waals surface area contributed by atoms with Crippen molar-refractivity contribution in [3.05, 3.63) is 65.7 Å². The van der Waals surface area contributed by atoms with Crippen LogP contribution in [0.4, 0.5) is 0 Å². The third-order valence-electron chi connectivity index (χ3n) is 7.04. The molecule has 2 fully saturated rings. The summed E-state index contributed by atoms with van der Waals surface area (Å²) in [6.07, 6.45) is 4.32. The standard InChI is InChI=1S/C27H35NO4/c1-20(28-15-11-22(12-16-28)19-21-5-3-2-4-6-21)26(29)23-7-9-25(10-8-23)32-27(30)24-13-17-31-18-14-24/h2-10,20,22,24,26,29H,11-19H2,1H3. The fourth-order valence-corrected chi connectivity index (χ4v) is 4.86. The van der Waals surface area contributed by atoms with E-state index >= 15 is 0 Å². The van der Waals surface area contributed by atoms with Crippen LogP contribution in [0.5, 0.6) is 5.75 Å². The van der Waals surface area contributed by atoms with Crippen molar-refractivity contribution in [1.29, 1.82) is 0 Å². The molecule has 2 aromatic rings. The maximum Gasteiger partial charge on any atom is 0.314 e. The number of benzene rings is 2. The minimum absolute atomic E-state index is 0.0447. The summed E-state index contributed by atoms with van der Waals surface area (Å²) in [5.41, 5.74) is 2.27. The van der Waals surface area contributed by atoms with Crippen molar-refractivity contribution in [2.24, 2.45) is 11.8 Å². The highest BCUT2D eigenvalue weighted by molar-refractivity contribution is 5.75. The van der Waals surface area contributed by atoms with Crippen molar-refractivity contribution < 1.29 is 19.4 Å². The first-order valence-corrected chi connectivity index (χ1v) is 12.0. The molecule has 0 aliphatic carbocycles. The first-order chi connectivity index (χ1) is 15.6. The third-order valence-corrected chi connectivity index (χ3v) is 7.04. The van der Waals surface area contributed by atoms with Gasteiger partial charge in [-0.1, -0.05) is 42.5 Å². The molecule has 2 aliphatic rings. The number of esters is 1. The van der Waals surface area contributed by atoms with Crippen LogP contribution in [-0.2, 0) is 16.0 Å². The van der Waals surface area contributed by atoms with Gasteiger partial charge in [-0.05, 0) is 81.3 Å². The predicted octanol–water partition coefficient (Wildman–Crippen LogP) is 4.40. The van der Waals surface area contributed by atoms with Gasteiger partial charge < -0.3 is 14.6 Å². The molecule has 2 heterocycles. The summed E-state index contributed by atoms with van der Waals surface area (Å²) in [6, 6.07) is 18.1. The Balaban J connectivity index is 1.26. The number of hydrogen-bond donors (Lipinski definition) is 1. The van der Waals surface area contributed by atoms with Gasteiger partial charge in [0, 0.05) is 19.3 Å². The van der Waals surface area contributed by atoms with Crippen LogP contribution in [0.15, 0.2) is 54.6 Å². The zero-order valence-electron chi connectivity index (χ0n) is 19.0. The summed E-state index contributed by atoms with van der Waals surface area (Å²) in [4.78, 5) is 14.7. The number of carbonyl (C=O) groups is 1. The number of aliphatic hydroxyl groups excluding tert-OH is 1. The normalized spacial score (nSPS) is 20.6. The van der Waals surface area contributed by atoms with Crippen molar-refractivity contribution in [3.63, 3.8) is 0 Å². The van der Waals surface area contributed by atoms with E-state index in [1.165, 1.54) is 5.56 Å². The Hall–Kier alpha value is -2.21. The fourth-order valence-electron chi connectivity index (χ4n) is 4.86. The molecule has 2 unspecified atom stereocenters. The van der Waals surface area contributed by atoms with E-state index in [2.05, 4.69) is 42.2 Å². The number of hydrogen-bond acceptors (Lipinski definition) is 5. The molecule has 0 amide bonds. The second kappa shape index (κ2) is 11.1. The van der Waals surface area contributed by atoms with Crippen LogP contribution in [0.2, 0.25) is 0 Å². The molecule has 172 valence electrons. The van der Waals surface area contributed by atoms with E-state index in [1.54, 1.807) is 12.1 Å². The van der Waals surface area contributed by atoms with Crippen LogP contribution in [0.3, 0.4) is 0 Å². The summed E-state index contributed by atoms with van der Waals surface area (Å²) in [6.45, 7) is 5.35. The van der Waals surface area contributed by atoms with Gasteiger partial charge in [-0.25, -0.2) is 0 Å². The number of piperidine rings is 1. The highest BCUT2D eigenvalue weighted by Gasteiger charge is 2.28. The molecule has 5 nitrogen and oxygen atoms in total. The van der Waals surface area contributed by atoms with Gasteiger partial charge >= 0.3 is 5.97 Å². The molecular formula is C27H35NO4. The summed E-state index contributed by atoms with van der Waals surface area (Å²) < 4.78 is 10.8. The first-order valence-electron chi connectivity index (χ1n) is 12.0. The number of ether oxygens (including phenoxy) is 2. The van der Waals surface area contributed by atoms with Gasteiger partial charge in [-0.3, -0.25) is 9.69 Å². The molecule has 2 aliphatic heterocycles. The topological polar surface area (TPSA) is 59.0 Å². The van der Waals surface area contributed by atoms with E-state index in [9.17, 15) is 9.90 Å². The summed E-state index contributed by atoms with van der Waals surface area (Å²) in [5, 5.41) is 11.0.